The minimum Gasteiger partial charge on any atom is -0.374 e. The van der Waals surface area contributed by atoms with Gasteiger partial charge < -0.3 is 10.2 Å². The van der Waals surface area contributed by atoms with Gasteiger partial charge in [0.2, 0.25) is 0 Å². The number of nitrogens with one attached hydrogen (secondary N) is 1. The molecule has 0 bridgehead atoms. The van der Waals surface area contributed by atoms with Crippen molar-refractivity contribution in [1.29, 1.82) is 0 Å². The van der Waals surface area contributed by atoms with Crippen molar-refractivity contribution in [3.63, 3.8) is 0 Å². The number of nitrogens with zero attached hydrogens (tertiary/aromatic N) is 1. The first-order chi connectivity index (χ1) is 8.22. The maximum absolute atomic E-state index is 13.8. The summed E-state index contributed by atoms with van der Waals surface area (Å²) in [4.78, 5) is 2.19. The zero-order valence-corrected chi connectivity index (χ0v) is 10.7. The van der Waals surface area contributed by atoms with Gasteiger partial charge in [-0.05, 0) is 37.4 Å². The van der Waals surface area contributed by atoms with Gasteiger partial charge in [-0.2, -0.15) is 0 Å². The van der Waals surface area contributed by atoms with Gasteiger partial charge in [0.05, 0.1) is 0 Å². The number of hydrogen-bond acceptors (Lipinski definition) is 2. The molecule has 0 saturated heterocycles. The summed E-state index contributed by atoms with van der Waals surface area (Å²) >= 11 is 0. The molecule has 1 aromatic rings. The van der Waals surface area contributed by atoms with Gasteiger partial charge >= 0.3 is 0 Å². The highest BCUT2D eigenvalue weighted by Crippen LogP contribution is 2.32. The van der Waals surface area contributed by atoms with E-state index in [0.29, 0.717) is 6.54 Å². The lowest BCUT2D eigenvalue weighted by atomic mass is 10.1. The van der Waals surface area contributed by atoms with E-state index in [4.69, 9.17) is 0 Å². The van der Waals surface area contributed by atoms with Crippen molar-refractivity contribution in [3.8, 4) is 0 Å². The standard InChI is InChI=1S/C14H21FN2/c1-3-16-9-12-13(15)5-4-6-14(12)17(2)10-11-7-8-11/h4-6,11,16H,3,7-10H2,1-2H3. The van der Waals surface area contributed by atoms with Gasteiger partial charge in [0.1, 0.15) is 5.82 Å². The highest BCUT2D eigenvalue weighted by molar-refractivity contribution is 5.53. The largest absolute Gasteiger partial charge is 0.374 e. The topological polar surface area (TPSA) is 15.3 Å². The summed E-state index contributed by atoms with van der Waals surface area (Å²) in [7, 11) is 2.06. The smallest absolute Gasteiger partial charge is 0.129 e. The molecule has 3 heteroatoms. The molecule has 0 spiro atoms. The summed E-state index contributed by atoms with van der Waals surface area (Å²) in [6.45, 7) is 4.55. The van der Waals surface area contributed by atoms with Gasteiger partial charge in [-0.15, -0.1) is 0 Å². The molecule has 0 aromatic heterocycles. The molecule has 1 saturated carbocycles. The first-order valence-corrected chi connectivity index (χ1v) is 6.41. The minimum absolute atomic E-state index is 0.105. The predicted molar refractivity (Wildman–Crippen MR) is 69.8 cm³/mol. The Kier molecular flexibility index (Phi) is 4.00. The lowest BCUT2D eigenvalue weighted by molar-refractivity contribution is 0.591. The number of halogens is 1. The predicted octanol–water partition coefficient (Wildman–Crippen LogP) is 2.78. The third-order valence-corrected chi connectivity index (χ3v) is 3.29. The number of benzene rings is 1. The number of hydrogen-bond donors (Lipinski definition) is 1. The number of rotatable bonds is 6. The molecule has 1 aliphatic carbocycles. The Morgan fingerprint density at radius 1 is 1.41 bits per heavy atom. The fourth-order valence-electron chi connectivity index (χ4n) is 2.12. The fourth-order valence-corrected chi connectivity index (χ4v) is 2.12. The van der Waals surface area contributed by atoms with Crippen LogP contribution in [0.4, 0.5) is 10.1 Å². The molecule has 0 radical (unpaired) electrons. The second-order valence-corrected chi connectivity index (χ2v) is 4.84. The molecule has 0 atom stereocenters. The van der Waals surface area contributed by atoms with E-state index in [1.54, 1.807) is 12.1 Å². The molecule has 1 fully saturated rings. The van der Waals surface area contributed by atoms with E-state index in [0.717, 1.165) is 30.3 Å². The molecule has 0 aliphatic heterocycles. The Bertz CT molecular complexity index is 374. The van der Waals surface area contributed by atoms with Crippen molar-refractivity contribution >= 4 is 5.69 Å². The Balaban J connectivity index is 2.14. The summed E-state index contributed by atoms with van der Waals surface area (Å²) in [5, 5.41) is 3.20. The van der Waals surface area contributed by atoms with Gasteiger partial charge in [0.25, 0.3) is 0 Å². The molecule has 2 nitrogen and oxygen atoms in total. The van der Waals surface area contributed by atoms with Gasteiger partial charge in [-0.25, -0.2) is 4.39 Å². The fraction of sp³-hybridized carbons (Fsp3) is 0.571. The summed E-state index contributed by atoms with van der Waals surface area (Å²) in [5.74, 6) is 0.710. The van der Waals surface area contributed by atoms with Crippen molar-refractivity contribution in [3.05, 3.63) is 29.6 Å². The molecular weight excluding hydrogens is 215 g/mol. The van der Waals surface area contributed by atoms with Crippen LogP contribution in [-0.2, 0) is 6.54 Å². The third kappa shape index (κ3) is 3.19. The average molecular weight is 236 g/mol. The molecule has 0 amide bonds. The first-order valence-electron chi connectivity index (χ1n) is 6.41. The molecule has 0 unspecified atom stereocenters. The minimum atomic E-state index is -0.105. The van der Waals surface area contributed by atoms with Crippen molar-refractivity contribution < 1.29 is 4.39 Å². The zero-order chi connectivity index (χ0) is 12.3. The van der Waals surface area contributed by atoms with Crippen LogP contribution in [-0.4, -0.2) is 20.1 Å². The second kappa shape index (κ2) is 5.50. The molecule has 2 rings (SSSR count). The van der Waals surface area contributed by atoms with Crippen molar-refractivity contribution in [2.75, 3.05) is 25.0 Å². The van der Waals surface area contributed by atoms with Gasteiger partial charge in [-0.3, -0.25) is 0 Å². The van der Waals surface area contributed by atoms with Crippen LogP contribution in [0.25, 0.3) is 0 Å². The Morgan fingerprint density at radius 3 is 2.82 bits per heavy atom. The van der Waals surface area contributed by atoms with E-state index in [1.165, 1.54) is 12.8 Å². The van der Waals surface area contributed by atoms with E-state index in [-0.39, 0.29) is 5.82 Å². The highest BCUT2D eigenvalue weighted by atomic mass is 19.1. The zero-order valence-electron chi connectivity index (χ0n) is 10.7. The van der Waals surface area contributed by atoms with E-state index in [1.807, 2.05) is 13.0 Å². The van der Waals surface area contributed by atoms with Crippen LogP contribution in [0.15, 0.2) is 18.2 Å². The normalized spacial score (nSPS) is 15.0. The maximum atomic E-state index is 13.8. The van der Waals surface area contributed by atoms with E-state index in [9.17, 15) is 4.39 Å². The van der Waals surface area contributed by atoms with Gasteiger partial charge in [0, 0.05) is 31.4 Å². The molecule has 94 valence electrons. The van der Waals surface area contributed by atoms with E-state index in [2.05, 4.69) is 17.3 Å². The lowest BCUT2D eigenvalue weighted by Gasteiger charge is -2.23. The highest BCUT2D eigenvalue weighted by Gasteiger charge is 2.24. The van der Waals surface area contributed by atoms with E-state index < -0.39 is 0 Å². The van der Waals surface area contributed by atoms with Crippen LogP contribution < -0.4 is 10.2 Å². The van der Waals surface area contributed by atoms with Gasteiger partial charge in [0.15, 0.2) is 0 Å². The van der Waals surface area contributed by atoms with Crippen molar-refractivity contribution in [2.24, 2.45) is 5.92 Å². The first kappa shape index (κ1) is 12.4. The maximum Gasteiger partial charge on any atom is 0.129 e. The summed E-state index contributed by atoms with van der Waals surface area (Å²) in [6, 6.07) is 5.35. The van der Waals surface area contributed by atoms with Crippen LogP contribution >= 0.6 is 0 Å². The molecule has 17 heavy (non-hydrogen) atoms. The Hall–Kier alpha value is -1.09. The SMILES string of the molecule is CCNCc1c(F)cccc1N(C)CC1CC1. The van der Waals surface area contributed by atoms with Crippen LogP contribution in [0.2, 0.25) is 0 Å². The Labute approximate surface area is 103 Å². The molecule has 1 N–H and O–H groups in total. The third-order valence-electron chi connectivity index (χ3n) is 3.29. The van der Waals surface area contributed by atoms with Crippen LogP contribution in [0.1, 0.15) is 25.3 Å². The molecule has 1 aliphatic rings. The van der Waals surface area contributed by atoms with Crippen LogP contribution in [0.3, 0.4) is 0 Å². The molecule has 1 aromatic carbocycles. The monoisotopic (exact) mass is 236 g/mol. The summed E-state index contributed by atoms with van der Waals surface area (Å²) < 4.78 is 13.8. The molecule has 0 heterocycles. The lowest BCUT2D eigenvalue weighted by Crippen LogP contribution is -2.23. The molecular formula is C14H21FN2. The van der Waals surface area contributed by atoms with Crippen molar-refractivity contribution in [2.45, 2.75) is 26.3 Å². The average Bonchev–Trinajstić information content (AvgIpc) is 3.11. The van der Waals surface area contributed by atoms with Crippen molar-refractivity contribution in [1.82, 2.24) is 5.32 Å². The quantitative estimate of drug-likeness (QED) is 0.817. The summed E-state index contributed by atoms with van der Waals surface area (Å²) in [6.07, 6.45) is 2.64. The van der Waals surface area contributed by atoms with Crippen LogP contribution in [0.5, 0.6) is 0 Å². The van der Waals surface area contributed by atoms with Crippen LogP contribution in [0, 0.1) is 11.7 Å². The van der Waals surface area contributed by atoms with E-state index >= 15 is 0 Å². The number of anilines is 1. The summed E-state index contributed by atoms with van der Waals surface area (Å²) in [5.41, 5.74) is 1.82. The van der Waals surface area contributed by atoms with Gasteiger partial charge in [-0.1, -0.05) is 13.0 Å². The Morgan fingerprint density at radius 2 is 2.18 bits per heavy atom. The second-order valence-electron chi connectivity index (χ2n) is 4.84.